The molecule has 2 aliphatic rings. The molecule has 1 fully saturated rings. The van der Waals surface area contributed by atoms with Crippen LogP contribution in [-0.4, -0.2) is 86.3 Å². The number of nitrogens with zero attached hydrogens (tertiary/aromatic N) is 3. The minimum atomic E-state index is -0.802. The number of ether oxygens (including phenoxy) is 2. The first-order chi connectivity index (χ1) is 15.0. The summed E-state index contributed by atoms with van der Waals surface area (Å²) in [5.41, 5.74) is 1.82. The van der Waals surface area contributed by atoms with Crippen LogP contribution in [0.3, 0.4) is 0 Å². The van der Waals surface area contributed by atoms with Crippen LogP contribution >= 0.6 is 0 Å². The number of β-amino-alcohol motifs (C(OH)–C–C–N with tert-alkyl or cyclic N) is 1. The molecule has 2 amide bonds. The van der Waals surface area contributed by atoms with Gasteiger partial charge in [-0.1, -0.05) is 12.1 Å². The number of rotatable bonds is 7. The molecule has 2 aliphatic heterocycles. The summed E-state index contributed by atoms with van der Waals surface area (Å²) >= 11 is 0. The second kappa shape index (κ2) is 8.95. The zero-order valence-corrected chi connectivity index (χ0v) is 17.8. The van der Waals surface area contributed by atoms with Gasteiger partial charge in [0.25, 0.3) is 11.8 Å². The van der Waals surface area contributed by atoms with E-state index in [2.05, 4.69) is 9.80 Å². The van der Waals surface area contributed by atoms with E-state index in [4.69, 9.17) is 9.47 Å². The number of anilines is 1. The van der Waals surface area contributed by atoms with Crippen LogP contribution in [0.25, 0.3) is 0 Å². The van der Waals surface area contributed by atoms with Gasteiger partial charge in [0.05, 0.1) is 43.7 Å². The van der Waals surface area contributed by atoms with E-state index in [1.165, 1.54) is 0 Å². The van der Waals surface area contributed by atoms with E-state index in [1.807, 2.05) is 18.2 Å². The van der Waals surface area contributed by atoms with Crippen LogP contribution < -0.4 is 14.4 Å². The van der Waals surface area contributed by atoms with E-state index in [9.17, 15) is 14.7 Å². The molecule has 4 rings (SSSR count). The first-order valence-corrected chi connectivity index (χ1v) is 10.3. The number of carbonyl (C=O) groups excluding carboxylic acids is 2. The van der Waals surface area contributed by atoms with Gasteiger partial charge in [0.15, 0.2) is 0 Å². The average molecular weight is 425 g/mol. The number of imide groups is 1. The first kappa shape index (κ1) is 21.1. The molecule has 1 atom stereocenters. The smallest absolute Gasteiger partial charge is 0.261 e. The third-order valence-corrected chi connectivity index (χ3v) is 5.84. The lowest BCUT2D eigenvalue weighted by molar-refractivity contribution is 0.0469. The van der Waals surface area contributed by atoms with Gasteiger partial charge in [-0.3, -0.25) is 19.4 Å². The fourth-order valence-electron chi connectivity index (χ4n) is 4.19. The summed E-state index contributed by atoms with van der Waals surface area (Å²) in [6, 6.07) is 12.5. The third-order valence-electron chi connectivity index (χ3n) is 5.84. The maximum Gasteiger partial charge on any atom is 0.261 e. The van der Waals surface area contributed by atoms with Gasteiger partial charge in [-0.15, -0.1) is 0 Å². The number of aliphatic hydroxyl groups is 1. The Hall–Kier alpha value is -3.10. The van der Waals surface area contributed by atoms with E-state index in [0.29, 0.717) is 17.7 Å². The highest BCUT2D eigenvalue weighted by Crippen LogP contribution is 2.32. The lowest BCUT2D eigenvalue weighted by Gasteiger charge is -2.37. The van der Waals surface area contributed by atoms with Gasteiger partial charge >= 0.3 is 0 Å². The molecule has 2 heterocycles. The molecular weight excluding hydrogens is 398 g/mol. The number of aliphatic hydroxyl groups excluding tert-OH is 1. The monoisotopic (exact) mass is 425 g/mol. The molecule has 0 radical (unpaired) electrons. The van der Waals surface area contributed by atoms with Gasteiger partial charge in [0, 0.05) is 38.8 Å². The number of hydrogen-bond acceptors (Lipinski definition) is 7. The quantitative estimate of drug-likeness (QED) is 0.673. The zero-order valence-electron chi connectivity index (χ0n) is 17.8. The van der Waals surface area contributed by atoms with Crippen molar-refractivity contribution in [2.45, 2.75) is 6.10 Å². The topological polar surface area (TPSA) is 82.5 Å². The maximum atomic E-state index is 12.5. The van der Waals surface area contributed by atoms with Crippen molar-refractivity contribution in [3.8, 4) is 11.5 Å². The molecular formula is C23H27N3O5. The molecule has 0 aromatic heterocycles. The van der Waals surface area contributed by atoms with Crippen LogP contribution in [0.2, 0.25) is 0 Å². The van der Waals surface area contributed by atoms with E-state index in [-0.39, 0.29) is 18.4 Å². The highest BCUT2D eigenvalue weighted by molar-refractivity contribution is 6.21. The highest BCUT2D eigenvalue weighted by atomic mass is 16.5. The van der Waals surface area contributed by atoms with E-state index < -0.39 is 6.10 Å². The van der Waals surface area contributed by atoms with Gasteiger partial charge in [-0.2, -0.15) is 0 Å². The fraction of sp³-hybridized carbons (Fsp3) is 0.391. The maximum absolute atomic E-state index is 12.5. The van der Waals surface area contributed by atoms with Gasteiger partial charge in [-0.05, 0) is 24.3 Å². The normalized spacial score (nSPS) is 17.6. The Bertz CT molecular complexity index is 936. The van der Waals surface area contributed by atoms with Crippen molar-refractivity contribution >= 4 is 17.5 Å². The number of carbonyl (C=O) groups is 2. The molecule has 1 N–H and O–H groups in total. The molecule has 0 bridgehead atoms. The van der Waals surface area contributed by atoms with Crippen molar-refractivity contribution in [1.29, 1.82) is 0 Å². The van der Waals surface area contributed by atoms with E-state index >= 15 is 0 Å². The molecule has 0 saturated carbocycles. The van der Waals surface area contributed by atoms with Crippen LogP contribution in [0, 0.1) is 0 Å². The van der Waals surface area contributed by atoms with Crippen molar-refractivity contribution in [2.24, 2.45) is 0 Å². The number of fused-ring (bicyclic) bond motifs is 1. The summed E-state index contributed by atoms with van der Waals surface area (Å²) in [5, 5.41) is 10.6. The summed E-state index contributed by atoms with van der Waals surface area (Å²) in [6.07, 6.45) is -0.802. The highest BCUT2D eigenvalue weighted by Gasteiger charge is 2.36. The second-order valence-corrected chi connectivity index (χ2v) is 7.75. The number of piperazine rings is 1. The molecule has 0 aliphatic carbocycles. The molecule has 8 nitrogen and oxygen atoms in total. The Morgan fingerprint density at radius 3 is 2.13 bits per heavy atom. The van der Waals surface area contributed by atoms with Crippen molar-refractivity contribution in [3.63, 3.8) is 0 Å². The summed E-state index contributed by atoms with van der Waals surface area (Å²) in [7, 11) is 3.27. The SMILES string of the molecule is COc1ccc(N2CCN(CC(O)CN3C(=O)c4ccccc4C3=O)CC2)c(OC)c1. The lowest BCUT2D eigenvalue weighted by atomic mass is 10.1. The molecule has 2 aromatic rings. The van der Waals surface area contributed by atoms with E-state index in [0.717, 1.165) is 48.3 Å². The van der Waals surface area contributed by atoms with Crippen molar-refractivity contribution in [1.82, 2.24) is 9.80 Å². The van der Waals surface area contributed by atoms with Crippen LogP contribution in [0.4, 0.5) is 5.69 Å². The molecule has 2 aromatic carbocycles. The molecule has 8 heteroatoms. The summed E-state index contributed by atoms with van der Waals surface area (Å²) < 4.78 is 10.8. The zero-order chi connectivity index (χ0) is 22.0. The van der Waals surface area contributed by atoms with Crippen LogP contribution in [0.5, 0.6) is 11.5 Å². The number of amides is 2. The Balaban J connectivity index is 1.32. The van der Waals surface area contributed by atoms with Crippen LogP contribution in [0.15, 0.2) is 42.5 Å². The predicted octanol–water partition coefficient (Wildman–Crippen LogP) is 1.48. The minimum Gasteiger partial charge on any atom is -0.497 e. The first-order valence-electron chi connectivity index (χ1n) is 10.3. The van der Waals surface area contributed by atoms with Gasteiger partial charge in [-0.25, -0.2) is 0 Å². The van der Waals surface area contributed by atoms with E-state index in [1.54, 1.807) is 38.5 Å². The third kappa shape index (κ3) is 4.22. The van der Waals surface area contributed by atoms with Gasteiger partial charge in [0.1, 0.15) is 11.5 Å². The largest absolute Gasteiger partial charge is 0.497 e. The van der Waals surface area contributed by atoms with Crippen molar-refractivity contribution in [3.05, 3.63) is 53.6 Å². The number of benzene rings is 2. The summed E-state index contributed by atoms with van der Waals surface area (Å²) in [4.78, 5) is 30.5. The summed E-state index contributed by atoms with van der Waals surface area (Å²) in [6.45, 7) is 3.48. The van der Waals surface area contributed by atoms with Gasteiger partial charge < -0.3 is 19.5 Å². The van der Waals surface area contributed by atoms with Crippen molar-refractivity contribution < 1.29 is 24.2 Å². The van der Waals surface area contributed by atoms with Crippen LogP contribution in [-0.2, 0) is 0 Å². The number of methoxy groups -OCH3 is 2. The standard InChI is InChI=1S/C23H27N3O5/c1-30-17-7-8-20(21(13-17)31-2)25-11-9-24(10-12-25)14-16(27)15-26-22(28)18-5-3-4-6-19(18)23(26)29/h3-8,13,16,27H,9-12,14-15H2,1-2H3. The summed E-state index contributed by atoms with van der Waals surface area (Å²) in [5.74, 6) is 0.834. The second-order valence-electron chi connectivity index (χ2n) is 7.75. The van der Waals surface area contributed by atoms with Crippen molar-refractivity contribution in [2.75, 3.05) is 58.4 Å². The number of hydrogen-bond donors (Lipinski definition) is 1. The Morgan fingerprint density at radius 2 is 1.55 bits per heavy atom. The molecule has 1 unspecified atom stereocenters. The predicted molar refractivity (Wildman–Crippen MR) is 116 cm³/mol. The van der Waals surface area contributed by atoms with Crippen LogP contribution in [0.1, 0.15) is 20.7 Å². The van der Waals surface area contributed by atoms with Gasteiger partial charge in [0.2, 0.25) is 0 Å². The minimum absolute atomic E-state index is 0.00113. The molecule has 164 valence electrons. The Kier molecular flexibility index (Phi) is 6.11. The fourth-order valence-corrected chi connectivity index (χ4v) is 4.19. The molecule has 0 spiro atoms. The Labute approximate surface area is 181 Å². The molecule has 1 saturated heterocycles. The molecule has 31 heavy (non-hydrogen) atoms. The average Bonchev–Trinajstić information content (AvgIpc) is 3.04. The Morgan fingerprint density at radius 1 is 0.903 bits per heavy atom. The lowest BCUT2D eigenvalue weighted by Crippen LogP contribution is -2.50.